The van der Waals surface area contributed by atoms with E-state index in [2.05, 4.69) is 4.98 Å². The van der Waals surface area contributed by atoms with Gasteiger partial charge in [-0.05, 0) is 25.1 Å². The number of ketones is 1. The number of nitrogens with zero attached hydrogens (tertiary/aromatic N) is 2. The summed E-state index contributed by atoms with van der Waals surface area (Å²) in [6, 6.07) is 7.01. The van der Waals surface area contributed by atoms with Crippen molar-refractivity contribution in [3.63, 3.8) is 0 Å². The normalized spacial score (nSPS) is 10.1. The molecule has 0 bridgehead atoms. The number of nitriles is 1. The molecular formula is C11H8N2O2. The van der Waals surface area contributed by atoms with Crippen LogP contribution in [-0.4, -0.2) is 10.8 Å². The predicted octanol–water partition coefficient (Wildman–Crippen LogP) is 2.10. The van der Waals surface area contributed by atoms with Crippen LogP contribution in [0.2, 0.25) is 0 Å². The number of carbonyl (C=O) groups excluding carboxylic acids is 1. The first-order chi connectivity index (χ1) is 7.20. The molecule has 0 N–H and O–H groups in total. The van der Waals surface area contributed by atoms with E-state index in [1.54, 1.807) is 18.2 Å². The van der Waals surface area contributed by atoms with Gasteiger partial charge in [-0.3, -0.25) is 4.79 Å². The number of rotatable bonds is 2. The predicted molar refractivity (Wildman–Crippen MR) is 53.3 cm³/mol. The van der Waals surface area contributed by atoms with Gasteiger partial charge in [-0.1, -0.05) is 0 Å². The maximum Gasteiger partial charge on any atom is 0.209 e. The lowest BCUT2D eigenvalue weighted by Gasteiger charge is -1.92. The molecule has 2 aromatic rings. The molecule has 0 saturated heterocycles. The Morgan fingerprint density at radius 3 is 3.07 bits per heavy atom. The Balaban J connectivity index is 2.53. The molecule has 74 valence electrons. The molecule has 4 heteroatoms. The van der Waals surface area contributed by atoms with Crippen LogP contribution in [0.25, 0.3) is 11.1 Å². The van der Waals surface area contributed by atoms with Crippen molar-refractivity contribution in [3.8, 4) is 6.07 Å². The fourth-order valence-electron chi connectivity index (χ4n) is 1.34. The van der Waals surface area contributed by atoms with E-state index >= 15 is 0 Å². The van der Waals surface area contributed by atoms with E-state index in [-0.39, 0.29) is 12.2 Å². The summed E-state index contributed by atoms with van der Waals surface area (Å²) in [5.41, 5.74) is 1.82. The van der Waals surface area contributed by atoms with Crippen LogP contribution in [0.1, 0.15) is 23.2 Å². The van der Waals surface area contributed by atoms with Gasteiger partial charge in [0, 0.05) is 5.56 Å². The van der Waals surface area contributed by atoms with Crippen LogP contribution in [-0.2, 0) is 6.42 Å². The number of oxazole rings is 1. The summed E-state index contributed by atoms with van der Waals surface area (Å²) in [5.74, 6) is 0.370. The maximum absolute atomic E-state index is 11.1. The van der Waals surface area contributed by atoms with Gasteiger partial charge >= 0.3 is 0 Å². The van der Waals surface area contributed by atoms with Crippen LogP contribution in [0.4, 0.5) is 0 Å². The van der Waals surface area contributed by atoms with E-state index in [4.69, 9.17) is 9.68 Å². The molecule has 0 aliphatic carbocycles. The Hall–Kier alpha value is -2.15. The van der Waals surface area contributed by atoms with Gasteiger partial charge in [0.1, 0.15) is 11.9 Å². The highest BCUT2D eigenvalue weighted by molar-refractivity contribution is 5.96. The van der Waals surface area contributed by atoms with E-state index in [9.17, 15) is 4.79 Å². The van der Waals surface area contributed by atoms with E-state index < -0.39 is 0 Å². The number of carbonyl (C=O) groups is 1. The second-order valence-corrected chi connectivity index (χ2v) is 3.18. The molecule has 2 rings (SSSR count). The van der Waals surface area contributed by atoms with Gasteiger partial charge in [0.05, 0.1) is 6.07 Å². The minimum atomic E-state index is -0.0123. The summed E-state index contributed by atoms with van der Waals surface area (Å²) in [7, 11) is 0. The Labute approximate surface area is 86.1 Å². The first kappa shape index (κ1) is 9.41. The van der Waals surface area contributed by atoms with Crippen molar-refractivity contribution in [2.24, 2.45) is 0 Å². The van der Waals surface area contributed by atoms with Crippen molar-refractivity contribution < 1.29 is 9.21 Å². The largest absolute Gasteiger partial charge is 0.440 e. The Morgan fingerprint density at radius 2 is 2.40 bits per heavy atom. The number of fused-ring (bicyclic) bond motifs is 1. The Morgan fingerprint density at radius 1 is 1.60 bits per heavy atom. The summed E-state index contributed by atoms with van der Waals surface area (Å²) in [6.07, 6.45) is 0.143. The van der Waals surface area contributed by atoms with Gasteiger partial charge in [-0.25, -0.2) is 4.98 Å². The fraction of sp³-hybridized carbons (Fsp3) is 0.182. The molecule has 0 unspecified atom stereocenters. The zero-order valence-electron chi connectivity index (χ0n) is 8.15. The van der Waals surface area contributed by atoms with Crippen molar-refractivity contribution in [2.75, 3.05) is 0 Å². The van der Waals surface area contributed by atoms with E-state index in [1.165, 1.54) is 6.92 Å². The van der Waals surface area contributed by atoms with Gasteiger partial charge in [-0.15, -0.1) is 0 Å². The minimum absolute atomic E-state index is 0.0123. The Kier molecular flexibility index (Phi) is 2.22. The smallest absolute Gasteiger partial charge is 0.209 e. The van der Waals surface area contributed by atoms with E-state index in [0.29, 0.717) is 22.6 Å². The van der Waals surface area contributed by atoms with Gasteiger partial charge < -0.3 is 4.42 Å². The zero-order chi connectivity index (χ0) is 10.8. The van der Waals surface area contributed by atoms with Crippen LogP contribution < -0.4 is 0 Å². The molecule has 0 fully saturated rings. The SMILES string of the molecule is CC(=O)c1ccc2oc(CC#N)nc2c1. The molecule has 0 aliphatic rings. The van der Waals surface area contributed by atoms with Crippen LogP contribution >= 0.6 is 0 Å². The van der Waals surface area contributed by atoms with Crippen molar-refractivity contribution in [1.29, 1.82) is 5.26 Å². The van der Waals surface area contributed by atoms with Crippen LogP contribution in [0.15, 0.2) is 22.6 Å². The Bertz CT molecular complexity index is 563. The van der Waals surface area contributed by atoms with Gasteiger partial charge in [0.15, 0.2) is 11.4 Å². The highest BCUT2D eigenvalue weighted by atomic mass is 16.3. The third kappa shape index (κ3) is 1.72. The fourth-order valence-corrected chi connectivity index (χ4v) is 1.34. The molecule has 0 atom stereocenters. The molecule has 1 aromatic heterocycles. The van der Waals surface area contributed by atoms with Crippen LogP contribution in [0, 0.1) is 11.3 Å². The molecule has 1 heterocycles. The van der Waals surface area contributed by atoms with Crippen molar-refractivity contribution in [3.05, 3.63) is 29.7 Å². The second kappa shape index (κ2) is 3.54. The number of benzene rings is 1. The molecule has 15 heavy (non-hydrogen) atoms. The molecule has 0 radical (unpaired) electrons. The molecule has 0 spiro atoms. The number of Topliss-reactive ketones (excluding diaryl/α,β-unsaturated/α-hetero) is 1. The topological polar surface area (TPSA) is 66.9 Å². The summed E-state index contributed by atoms with van der Waals surface area (Å²) in [4.78, 5) is 15.2. The lowest BCUT2D eigenvalue weighted by Crippen LogP contribution is -1.90. The summed E-state index contributed by atoms with van der Waals surface area (Å²) >= 11 is 0. The average molecular weight is 200 g/mol. The van der Waals surface area contributed by atoms with Gasteiger partial charge in [0.25, 0.3) is 0 Å². The molecular weight excluding hydrogens is 192 g/mol. The first-order valence-electron chi connectivity index (χ1n) is 4.48. The maximum atomic E-state index is 11.1. The lowest BCUT2D eigenvalue weighted by atomic mass is 10.1. The second-order valence-electron chi connectivity index (χ2n) is 3.18. The minimum Gasteiger partial charge on any atom is -0.440 e. The lowest BCUT2D eigenvalue weighted by molar-refractivity contribution is 0.101. The molecule has 0 aliphatic heterocycles. The number of hydrogen-bond donors (Lipinski definition) is 0. The summed E-state index contributed by atoms with van der Waals surface area (Å²) < 4.78 is 5.30. The molecule has 0 amide bonds. The average Bonchev–Trinajstić information content (AvgIpc) is 2.59. The first-order valence-corrected chi connectivity index (χ1v) is 4.48. The van der Waals surface area contributed by atoms with Crippen molar-refractivity contribution in [1.82, 2.24) is 4.98 Å². The molecule has 4 nitrogen and oxygen atoms in total. The third-order valence-corrected chi connectivity index (χ3v) is 2.07. The van der Waals surface area contributed by atoms with Gasteiger partial charge in [0.2, 0.25) is 5.89 Å². The monoisotopic (exact) mass is 200 g/mol. The quantitative estimate of drug-likeness (QED) is 0.696. The van der Waals surface area contributed by atoms with E-state index in [0.717, 1.165) is 0 Å². The third-order valence-electron chi connectivity index (χ3n) is 2.07. The molecule has 1 aromatic carbocycles. The summed E-state index contributed by atoms with van der Waals surface area (Å²) in [6.45, 7) is 1.50. The molecule has 0 saturated carbocycles. The highest BCUT2D eigenvalue weighted by Crippen LogP contribution is 2.17. The standard InChI is InChI=1S/C11H8N2O2/c1-7(14)8-2-3-10-9(6-8)13-11(15-10)4-5-12/h2-3,6H,4H2,1H3. The summed E-state index contributed by atoms with van der Waals surface area (Å²) in [5, 5.41) is 8.48. The van der Waals surface area contributed by atoms with Crippen LogP contribution in [0.5, 0.6) is 0 Å². The number of hydrogen-bond acceptors (Lipinski definition) is 4. The van der Waals surface area contributed by atoms with Gasteiger partial charge in [-0.2, -0.15) is 5.26 Å². The van der Waals surface area contributed by atoms with Crippen LogP contribution in [0.3, 0.4) is 0 Å². The zero-order valence-corrected chi connectivity index (χ0v) is 8.15. The van der Waals surface area contributed by atoms with E-state index in [1.807, 2.05) is 6.07 Å². The highest BCUT2D eigenvalue weighted by Gasteiger charge is 2.07. The number of aromatic nitrogens is 1. The van der Waals surface area contributed by atoms with Crippen molar-refractivity contribution in [2.45, 2.75) is 13.3 Å². The van der Waals surface area contributed by atoms with Crippen molar-refractivity contribution >= 4 is 16.9 Å².